The molecule has 2 rings (SSSR count). The van der Waals surface area contributed by atoms with Crippen molar-refractivity contribution in [1.29, 1.82) is 0 Å². The number of halogens is 2. The summed E-state index contributed by atoms with van der Waals surface area (Å²) in [5.41, 5.74) is 0.736. The smallest absolute Gasteiger partial charge is 0.138 e. The van der Waals surface area contributed by atoms with E-state index in [9.17, 15) is 5.11 Å². The van der Waals surface area contributed by atoms with Crippen LogP contribution >= 0.6 is 23.2 Å². The minimum atomic E-state index is 0.112. The summed E-state index contributed by atoms with van der Waals surface area (Å²) >= 11 is 11.8. The van der Waals surface area contributed by atoms with Gasteiger partial charge in [0.2, 0.25) is 0 Å². The Bertz CT molecular complexity index is 406. The summed E-state index contributed by atoms with van der Waals surface area (Å²) < 4.78 is 5.31. The van der Waals surface area contributed by atoms with E-state index in [1.807, 2.05) is 0 Å². The molecule has 0 bridgehead atoms. The van der Waals surface area contributed by atoms with Crippen LogP contribution in [0.4, 0.5) is 0 Å². The second kappa shape index (κ2) is 6.62. The second-order valence-electron chi connectivity index (χ2n) is 4.58. The number of phenols is 1. The van der Waals surface area contributed by atoms with Crippen LogP contribution in [-0.2, 0) is 11.3 Å². The van der Waals surface area contributed by atoms with Crippen molar-refractivity contribution >= 4 is 23.2 Å². The molecule has 0 unspecified atom stereocenters. The SMILES string of the molecule is Oc1c(Cl)cc(Cl)cc1CNCC1CCOCC1. The third kappa shape index (κ3) is 3.75. The molecule has 1 fully saturated rings. The zero-order valence-electron chi connectivity index (χ0n) is 10.1. The van der Waals surface area contributed by atoms with Crippen molar-refractivity contribution in [2.24, 2.45) is 5.92 Å². The van der Waals surface area contributed by atoms with Gasteiger partial charge in [-0.15, -0.1) is 0 Å². The lowest BCUT2D eigenvalue weighted by Gasteiger charge is -2.22. The van der Waals surface area contributed by atoms with E-state index in [1.54, 1.807) is 12.1 Å². The highest BCUT2D eigenvalue weighted by Crippen LogP contribution is 2.31. The molecular weight excluding hydrogens is 273 g/mol. The fourth-order valence-corrected chi connectivity index (χ4v) is 2.65. The Morgan fingerprint density at radius 3 is 2.72 bits per heavy atom. The second-order valence-corrected chi connectivity index (χ2v) is 5.43. The number of hydrogen-bond acceptors (Lipinski definition) is 3. The predicted molar refractivity (Wildman–Crippen MR) is 73.4 cm³/mol. The molecule has 100 valence electrons. The van der Waals surface area contributed by atoms with E-state index in [2.05, 4.69) is 5.32 Å². The normalized spacial score (nSPS) is 17.0. The number of nitrogens with one attached hydrogen (secondary N) is 1. The van der Waals surface area contributed by atoms with Gasteiger partial charge in [-0.1, -0.05) is 23.2 Å². The van der Waals surface area contributed by atoms with Crippen molar-refractivity contribution in [3.05, 3.63) is 27.7 Å². The molecule has 1 aliphatic rings. The van der Waals surface area contributed by atoms with Gasteiger partial charge >= 0.3 is 0 Å². The van der Waals surface area contributed by atoms with Crippen LogP contribution in [-0.4, -0.2) is 24.9 Å². The van der Waals surface area contributed by atoms with Crippen LogP contribution < -0.4 is 5.32 Å². The first-order valence-corrected chi connectivity index (χ1v) is 6.87. The first kappa shape index (κ1) is 13.9. The Hall–Kier alpha value is -0.480. The molecule has 0 spiro atoms. The maximum absolute atomic E-state index is 9.81. The van der Waals surface area contributed by atoms with Crippen molar-refractivity contribution in [2.45, 2.75) is 19.4 Å². The van der Waals surface area contributed by atoms with E-state index >= 15 is 0 Å². The van der Waals surface area contributed by atoms with E-state index in [0.29, 0.717) is 22.5 Å². The van der Waals surface area contributed by atoms with Gasteiger partial charge in [0.1, 0.15) is 5.75 Å². The zero-order valence-corrected chi connectivity index (χ0v) is 11.6. The van der Waals surface area contributed by atoms with E-state index in [1.165, 1.54) is 0 Å². The van der Waals surface area contributed by atoms with Crippen LogP contribution in [0.25, 0.3) is 0 Å². The molecular formula is C13H17Cl2NO2. The monoisotopic (exact) mass is 289 g/mol. The first-order valence-electron chi connectivity index (χ1n) is 6.12. The van der Waals surface area contributed by atoms with Crippen LogP contribution in [0.2, 0.25) is 10.0 Å². The van der Waals surface area contributed by atoms with E-state index in [0.717, 1.165) is 38.2 Å². The number of phenolic OH excluding ortho intramolecular Hbond substituents is 1. The summed E-state index contributed by atoms with van der Waals surface area (Å²) in [5.74, 6) is 0.760. The fourth-order valence-electron chi connectivity index (χ4n) is 2.12. The highest BCUT2D eigenvalue weighted by atomic mass is 35.5. The summed E-state index contributed by atoms with van der Waals surface area (Å²) in [6.45, 7) is 3.19. The van der Waals surface area contributed by atoms with Crippen LogP contribution in [0.15, 0.2) is 12.1 Å². The zero-order chi connectivity index (χ0) is 13.0. The molecule has 18 heavy (non-hydrogen) atoms. The van der Waals surface area contributed by atoms with Crippen LogP contribution in [0.3, 0.4) is 0 Å². The summed E-state index contributed by atoms with van der Waals surface area (Å²) in [6, 6.07) is 3.28. The third-order valence-electron chi connectivity index (χ3n) is 3.20. The quantitative estimate of drug-likeness (QED) is 0.894. The summed E-state index contributed by atoms with van der Waals surface area (Å²) in [6.07, 6.45) is 2.19. The number of hydrogen-bond donors (Lipinski definition) is 2. The summed E-state index contributed by atoms with van der Waals surface area (Å²) in [7, 11) is 0. The molecule has 1 aromatic carbocycles. The van der Waals surface area contributed by atoms with E-state index < -0.39 is 0 Å². The van der Waals surface area contributed by atoms with Crippen molar-refractivity contribution in [1.82, 2.24) is 5.32 Å². The van der Waals surface area contributed by atoms with Gasteiger partial charge in [-0.05, 0) is 37.4 Å². The number of rotatable bonds is 4. The van der Waals surface area contributed by atoms with Gasteiger partial charge in [0.15, 0.2) is 0 Å². The molecule has 3 nitrogen and oxygen atoms in total. The van der Waals surface area contributed by atoms with Gasteiger partial charge in [0.25, 0.3) is 0 Å². The molecule has 0 amide bonds. The maximum atomic E-state index is 9.81. The standard InChI is InChI=1S/C13H17Cl2NO2/c14-11-5-10(13(17)12(15)6-11)8-16-7-9-1-3-18-4-2-9/h5-6,9,16-17H,1-4,7-8H2. The number of benzene rings is 1. The molecule has 0 aromatic heterocycles. The summed E-state index contributed by atoms with van der Waals surface area (Å²) in [4.78, 5) is 0. The average molecular weight is 290 g/mol. The van der Waals surface area contributed by atoms with Gasteiger partial charge in [-0.2, -0.15) is 0 Å². The first-order chi connectivity index (χ1) is 8.66. The van der Waals surface area contributed by atoms with Crippen molar-refractivity contribution in [3.63, 3.8) is 0 Å². The van der Waals surface area contributed by atoms with Crippen LogP contribution in [0, 0.1) is 5.92 Å². The Labute approximate surface area is 117 Å². The lowest BCUT2D eigenvalue weighted by atomic mass is 10.0. The van der Waals surface area contributed by atoms with Crippen molar-refractivity contribution in [3.8, 4) is 5.75 Å². The van der Waals surface area contributed by atoms with Crippen molar-refractivity contribution < 1.29 is 9.84 Å². The molecule has 1 heterocycles. The van der Waals surface area contributed by atoms with Crippen molar-refractivity contribution in [2.75, 3.05) is 19.8 Å². The predicted octanol–water partition coefficient (Wildman–Crippen LogP) is 3.22. The van der Waals surface area contributed by atoms with Gasteiger partial charge < -0.3 is 15.2 Å². The topological polar surface area (TPSA) is 41.5 Å². The lowest BCUT2D eigenvalue weighted by molar-refractivity contribution is 0.0662. The molecule has 5 heteroatoms. The van der Waals surface area contributed by atoms with Gasteiger partial charge in [-0.25, -0.2) is 0 Å². The molecule has 1 aromatic rings. The molecule has 0 atom stereocenters. The largest absolute Gasteiger partial charge is 0.506 e. The molecule has 0 radical (unpaired) electrons. The highest BCUT2D eigenvalue weighted by molar-refractivity contribution is 6.35. The molecule has 0 aliphatic carbocycles. The summed E-state index contributed by atoms with van der Waals surface area (Å²) in [5, 5.41) is 14.0. The van der Waals surface area contributed by atoms with Crippen LogP contribution in [0.5, 0.6) is 5.75 Å². The minimum Gasteiger partial charge on any atom is -0.506 e. The van der Waals surface area contributed by atoms with Crippen LogP contribution in [0.1, 0.15) is 18.4 Å². The Morgan fingerprint density at radius 2 is 2.00 bits per heavy atom. The van der Waals surface area contributed by atoms with Gasteiger partial charge in [-0.3, -0.25) is 0 Å². The highest BCUT2D eigenvalue weighted by Gasteiger charge is 2.14. The molecule has 2 N–H and O–H groups in total. The average Bonchev–Trinajstić information content (AvgIpc) is 2.36. The van der Waals surface area contributed by atoms with E-state index in [4.69, 9.17) is 27.9 Å². The minimum absolute atomic E-state index is 0.112. The number of aromatic hydroxyl groups is 1. The maximum Gasteiger partial charge on any atom is 0.138 e. The molecule has 0 saturated carbocycles. The molecule has 1 aliphatic heterocycles. The lowest BCUT2D eigenvalue weighted by Crippen LogP contribution is -2.27. The number of ether oxygens (including phenoxy) is 1. The Kier molecular flexibility index (Phi) is 5.13. The van der Waals surface area contributed by atoms with Gasteiger partial charge in [0.05, 0.1) is 5.02 Å². The molecule has 1 saturated heterocycles. The van der Waals surface area contributed by atoms with Gasteiger partial charge in [0, 0.05) is 30.3 Å². The Morgan fingerprint density at radius 1 is 1.28 bits per heavy atom. The third-order valence-corrected chi connectivity index (χ3v) is 3.70. The fraction of sp³-hybridized carbons (Fsp3) is 0.538. The Balaban J connectivity index is 1.86. The van der Waals surface area contributed by atoms with E-state index in [-0.39, 0.29) is 5.75 Å².